The van der Waals surface area contributed by atoms with E-state index < -0.39 is 10.0 Å². The highest BCUT2D eigenvalue weighted by Crippen LogP contribution is 2.19. The molecule has 2 rings (SSSR count). The van der Waals surface area contributed by atoms with Crippen LogP contribution >= 0.6 is 0 Å². The predicted octanol–water partition coefficient (Wildman–Crippen LogP) is 1.04. The average molecular weight is 299 g/mol. The van der Waals surface area contributed by atoms with Gasteiger partial charge in [0, 0.05) is 32.4 Å². The second-order valence-corrected chi connectivity index (χ2v) is 6.66. The van der Waals surface area contributed by atoms with Crippen LogP contribution in [0, 0.1) is 0 Å². The second kappa shape index (κ2) is 5.97. The summed E-state index contributed by atoms with van der Waals surface area (Å²) in [5.74, 6) is -0.0954. The van der Waals surface area contributed by atoms with E-state index in [1.54, 1.807) is 15.7 Å². The molecule has 6 nitrogen and oxygen atoms in total. The van der Waals surface area contributed by atoms with Crippen LogP contribution in [0.3, 0.4) is 0 Å². The van der Waals surface area contributed by atoms with Crippen LogP contribution in [-0.4, -0.2) is 43.4 Å². The van der Waals surface area contributed by atoms with Crippen LogP contribution < -0.4 is 4.72 Å². The number of hydrogen-bond donors (Lipinski definition) is 1. The Bertz CT molecular complexity index is 592. The fourth-order valence-electron chi connectivity index (χ4n) is 2.31. The summed E-state index contributed by atoms with van der Waals surface area (Å²) in [6.45, 7) is 6.25. The van der Waals surface area contributed by atoms with Gasteiger partial charge in [0.25, 0.3) is 5.91 Å². The van der Waals surface area contributed by atoms with Gasteiger partial charge in [-0.15, -0.1) is 0 Å². The lowest BCUT2D eigenvalue weighted by molar-refractivity contribution is 0.0766. The molecule has 20 heavy (non-hydrogen) atoms. The molecule has 0 saturated carbocycles. The van der Waals surface area contributed by atoms with Crippen molar-refractivity contribution < 1.29 is 13.2 Å². The quantitative estimate of drug-likeness (QED) is 0.883. The average Bonchev–Trinajstić information content (AvgIpc) is 2.80. The van der Waals surface area contributed by atoms with Crippen molar-refractivity contribution in [3.8, 4) is 0 Å². The first-order chi connectivity index (χ1) is 9.49. The normalized spacial score (nSPS) is 16.1. The van der Waals surface area contributed by atoms with Crippen LogP contribution in [0.5, 0.6) is 0 Å². The molecule has 0 atom stereocenters. The van der Waals surface area contributed by atoms with Crippen molar-refractivity contribution >= 4 is 15.9 Å². The maximum absolute atomic E-state index is 12.3. The molecule has 0 aromatic carbocycles. The Labute approximate surface area is 119 Å². The zero-order chi connectivity index (χ0) is 14.8. The van der Waals surface area contributed by atoms with Gasteiger partial charge < -0.3 is 9.47 Å². The third kappa shape index (κ3) is 2.88. The molecule has 0 aliphatic carbocycles. The smallest absolute Gasteiger partial charge is 0.270 e. The predicted molar refractivity (Wildman–Crippen MR) is 76.1 cm³/mol. The monoisotopic (exact) mass is 299 g/mol. The molecular formula is C13H21N3O3S. The van der Waals surface area contributed by atoms with Crippen molar-refractivity contribution in [1.82, 2.24) is 14.2 Å². The molecular weight excluding hydrogens is 278 g/mol. The van der Waals surface area contributed by atoms with Crippen molar-refractivity contribution in [2.24, 2.45) is 0 Å². The minimum absolute atomic E-state index is 0.0954. The highest BCUT2D eigenvalue weighted by molar-refractivity contribution is 7.89. The highest BCUT2D eigenvalue weighted by Gasteiger charge is 2.25. The second-order valence-electron chi connectivity index (χ2n) is 4.89. The maximum atomic E-state index is 12.3. The van der Waals surface area contributed by atoms with E-state index in [2.05, 4.69) is 4.72 Å². The Kier molecular flexibility index (Phi) is 4.49. The Morgan fingerprint density at radius 3 is 2.70 bits per heavy atom. The molecule has 1 aromatic rings. The van der Waals surface area contributed by atoms with Gasteiger partial charge in [0.05, 0.1) is 0 Å². The molecule has 0 fully saturated rings. The van der Waals surface area contributed by atoms with Gasteiger partial charge in [-0.2, -0.15) is 0 Å². The first kappa shape index (κ1) is 15.1. The summed E-state index contributed by atoms with van der Waals surface area (Å²) in [4.78, 5) is 14.2. The maximum Gasteiger partial charge on any atom is 0.270 e. The number of aryl methyl sites for hydroxylation is 1. The Hall–Kier alpha value is -1.34. The van der Waals surface area contributed by atoms with E-state index in [1.807, 2.05) is 13.8 Å². The van der Waals surface area contributed by atoms with Gasteiger partial charge in [-0.3, -0.25) is 4.79 Å². The first-order valence-corrected chi connectivity index (χ1v) is 8.47. The van der Waals surface area contributed by atoms with Gasteiger partial charge in [-0.1, -0.05) is 6.92 Å². The summed E-state index contributed by atoms with van der Waals surface area (Å²) in [5.41, 5.74) is 0.459. The van der Waals surface area contributed by atoms with Crippen molar-refractivity contribution in [3.05, 3.63) is 18.0 Å². The van der Waals surface area contributed by atoms with Crippen LogP contribution in [0.2, 0.25) is 0 Å². The number of fused-ring (bicyclic) bond motifs is 1. The number of sulfonamides is 1. The lowest BCUT2D eigenvalue weighted by Gasteiger charge is -2.17. The van der Waals surface area contributed by atoms with Gasteiger partial charge in [0.15, 0.2) is 0 Å². The number of nitrogens with zero attached hydrogens (tertiary/aromatic N) is 2. The van der Waals surface area contributed by atoms with Crippen LogP contribution in [0.1, 0.15) is 37.2 Å². The van der Waals surface area contributed by atoms with Crippen molar-refractivity contribution in [2.45, 2.75) is 38.1 Å². The van der Waals surface area contributed by atoms with E-state index in [0.29, 0.717) is 31.9 Å². The van der Waals surface area contributed by atoms with E-state index in [9.17, 15) is 13.2 Å². The molecule has 7 heteroatoms. The molecule has 0 bridgehead atoms. The lowest BCUT2D eigenvalue weighted by atomic mass is 10.3. The van der Waals surface area contributed by atoms with Gasteiger partial charge in [-0.25, -0.2) is 13.1 Å². The molecule has 1 aliphatic heterocycles. The molecule has 0 radical (unpaired) electrons. The third-order valence-corrected chi connectivity index (χ3v) is 4.87. The fraction of sp³-hybridized carbons (Fsp3) is 0.615. The molecule has 0 unspecified atom stereocenters. The van der Waals surface area contributed by atoms with E-state index >= 15 is 0 Å². The largest absolute Gasteiger partial charge is 0.342 e. The number of hydrogen-bond acceptors (Lipinski definition) is 3. The summed E-state index contributed by atoms with van der Waals surface area (Å²) < 4.78 is 28.5. The number of rotatable bonds is 5. The van der Waals surface area contributed by atoms with Crippen molar-refractivity contribution in [3.63, 3.8) is 0 Å². The molecule has 0 spiro atoms. The van der Waals surface area contributed by atoms with Gasteiger partial charge in [-0.05, 0) is 25.8 Å². The number of carbonyl (C=O) groups is 1. The van der Waals surface area contributed by atoms with Gasteiger partial charge in [0.1, 0.15) is 10.6 Å². The number of amides is 1. The minimum atomic E-state index is -3.52. The Morgan fingerprint density at radius 1 is 1.30 bits per heavy atom. The Balaban J connectivity index is 2.34. The number of nitrogens with one attached hydrogen (secondary N) is 1. The summed E-state index contributed by atoms with van der Waals surface area (Å²) in [5, 5.41) is 0. The summed E-state index contributed by atoms with van der Waals surface area (Å²) >= 11 is 0. The molecule has 0 saturated heterocycles. The molecule has 2 heterocycles. The number of carbonyl (C=O) groups excluding carboxylic acids is 1. The lowest BCUT2D eigenvalue weighted by Crippen LogP contribution is -2.30. The van der Waals surface area contributed by atoms with Gasteiger partial charge >= 0.3 is 0 Å². The van der Waals surface area contributed by atoms with E-state index in [-0.39, 0.29) is 10.8 Å². The minimum Gasteiger partial charge on any atom is -0.342 e. The topological polar surface area (TPSA) is 71.4 Å². The fourth-order valence-corrected chi connectivity index (χ4v) is 3.48. The van der Waals surface area contributed by atoms with Crippen LogP contribution in [0.15, 0.2) is 17.2 Å². The Morgan fingerprint density at radius 2 is 2.05 bits per heavy atom. The molecule has 112 valence electrons. The van der Waals surface area contributed by atoms with Crippen LogP contribution in [0.4, 0.5) is 0 Å². The molecule has 1 amide bonds. The SMILES string of the molecule is CCCNS(=O)(=O)c1cc2n(c1)CCCN(CC)C2=O. The van der Waals surface area contributed by atoms with Crippen LogP contribution in [0.25, 0.3) is 0 Å². The summed E-state index contributed by atoms with van der Waals surface area (Å²) in [6.07, 6.45) is 3.13. The zero-order valence-corrected chi connectivity index (χ0v) is 12.7. The molecule has 1 aliphatic rings. The molecule has 1 aromatic heterocycles. The first-order valence-electron chi connectivity index (χ1n) is 6.98. The van der Waals surface area contributed by atoms with E-state index in [0.717, 1.165) is 12.8 Å². The highest BCUT2D eigenvalue weighted by atomic mass is 32.2. The van der Waals surface area contributed by atoms with Crippen LogP contribution in [-0.2, 0) is 16.6 Å². The number of aromatic nitrogens is 1. The van der Waals surface area contributed by atoms with E-state index in [1.165, 1.54) is 6.07 Å². The molecule has 1 N–H and O–H groups in total. The van der Waals surface area contributed by atoms with Crippen molar-refractivity contribution in [1.29, 1.82) is 0 Å². The zero-order valence-electron chi connectivity index (χ0n) is 11.9. The van der Waals surface area contributed by atoms with E-state index in [4.69, 9.17) is 0 Å². The standard InChI is InChI=1S/C13H21N3O3S/c1-3-6-14-20(18,19)11-9-12-13(17)15(4-2)7-5-8-16(12)10-11/h9-10,14H,3-8H2,1-2H3. The van der Waals surface area contributed by atoms with Crippen molar-refractivity contribution in [2.75, 3.05) is 19.6 Å². The summed E-state index contributed by atoms with van der Waals surface area (Å²) in [6, 6.07) is 1.48. The summed E-state index contributed by atoms with van der Waals surface area (Å²) in [7, 11) is -3.52. The van der Waals surface area contributed by atoms with Gasteiger partial charge in [0.2, 0.25) is 10.0 Å². The third-order valence-electron chi connectivity index (χ3n) is 3.44.